The molecule has 2 atom stereocenters. The minimum Gasteiger partial charge on any atom is -0.334 e. The van der Waals surface area contributed by atoms with Crippen LogP contribution in [-0.4, -0.2) is 38.3 Å². The number of fused-ring (bicyclic) bond motifs is 1. The molecule has 1 aromatic carbocycles. The summed E-state index contributed by atoms with van der Waals surface area (Å²) >= 11 is 0. The molecule has 0 radical (unpaired) electrons. The van der Waals surface area contributed by atoms with Gasteiger partial charge in [0.15, 0.2) is 0 Å². The van der Waals surface area contributed by atoms with Crippen LogP contribution < -0.4 is 10.6 Å². The number of carbonyl (C=O) groups is 1. The molecule has 1 fully saturated rings. The van der Waals surface area contributed by atoms with E-state index in [-0.39, 0.29) is 42.6 Å². The quantitative estimate of drug-likeness (QED) is 0.710. The number of carbonyl (C=O) groups excluding carboxylic acids is 1. The number of anilines is 1. The summed E-state index contributed by atoms with van der Waals surface area (Å²) in [7, 11) is 3.85. The minimum atomic E-state index is -0.103. The van der Waals surface area contributed by atoms with E-state index < -0.39 is 0 Å². The molecule has 26 heavy (non-hydrogen) atoms. The van der Waals surface area contributed by atoms with Gasteiger partial charge in [-0.25, -0.2) is 4.98 Å². The zero-order chi connectivity index (χ0) is 16.7. The number of imidazole rings is 1. The molecule has 4 rings (SSSR count). The zero-order valence-corrected chi connectivity index (χ0v) is 16.2. The van der Waals surface area contributed by atoms with E-state index in [1.807, 2.05) is 49.3 Å². The average Bonchev–Trinajstić information content (AvgIpc) is 3.27. The maximum atomic E-state index is 12.7. The van der Waals surface area contributed by atoms with Gasteiger partial charge in [0, 0.05) is 45.0 Å². The Morgan fingerprint density at radius 3 is 2.81 bits per heavy atom. The van der Waals surface area contributed by atoms with Crippen molar-refractivity contribution >= 4 is 47.4 Å². The molecule has 2 aromatic heterocycles. The van der Waals surface area contributed by atoms with Crippen LogP contribution in [0.4, 0.5) is 5.69 Å². The van der Waals surface area contributed by atoms with Crippen LogP contribution in [0.15, 0.2) is 36.9 Å². The van der Waals surface area contributed by atoms with E-state index in [1.165, 1.54) is 0 Å². The normalized spacial score (nSPS) is 19.0. The first kappa shape index (κ1) is 20.2. The summed E-state index contributed by atoms with van der Waals surface area (Å²) in [5.74, 6) is 0.0787. The number of rotatable bonds is 3. The second kappa shape index (κ2) is 8.07. The van der Waals surface area contributed by atoms with E-state index in [1.54, 1.807) is 11.0 Å². The third-order valence-corrected chi connectivity index (χ3v) is 4.70. The van der Waals surface area contributed by atoms with Crippen LogP contribution in [0, 0.1) is 5.92 Å². The van der Waals surface area contributed by atoms with E-state index in [4.69, 9.17) is 0 Å². The highest BCUT2D eigenvalue weighted by Gasteiger charge is 2.34. The number of nitrogens with zero attached hydrogens (tertiary/aromatic N) is 4. The Kier molecular flexibility index (Phi) is 6.28. The Morgan fingerprint density at radius 1 is 1.27 bits per heavy atom. The maximum Gasteiger partial charge on any atom is 0.229 e. The SMILES string of the molecule is Cl.Cl.Cn1cc([C@H]2CNC[C@@H]2C(=O)Nc2ccc3c(c2)ncn3C)cn1. The Morgan fingerprint density at radius 2 is 2.08 bits per heavy atom. The van der Waals surface area contributed by atoms with E-state index in [9.17, 15) is 4.79 Å². The van der Waals surface area contributed by atoms with Crippen LogP contribution in [0.25, 0.3) is 11.0 Å². The van der Waals surface area contributed by atoms with Crippen molar-refractivity contribution in [1.82, 2.24) is 24.6 Å². The lowest BCUT2D eigenvalue weighted by atomic mass is 9.90. The summed E-state index contributed by atoms with van der Waals surface area (Å²) in [6, 6.07) is 5.81. The van der Waals surface area contributed by atoms with Crippen LogP contribution in [0.1, 0.15) is 11.5 Å². The van der Waals surface area contributed by atoms with Gasteiger partial charge in [0.1, 0.15) is 0 Å². The number of aryl methyl sites for hydroxylation is 2. The fraction of sp³-hybridized carbons (Fsp3) is 0.353. The molecule has 2 N–H and O–H groups in total. The lowest BCUT2D eigenvalue weighted by molar-refractivity contribution is -0.119. The van der Waals surface area contributed by atoms with Gasteiger partial charge >= 0.3 is 0 Å². The van der Waals surface area contributed by atoms with Gasteiger partial charge in [0.2, 0.25) is 5.91 Å². The number of hydrogen-bond acceptors (Lipinski definition) is 4. The van der Waals surface area contributed by atoms with Gasteiger partial charge in [-0.15, -0.1) is 24.8 Å². The monoisotopic (exact) mass is 396 g/mol. The van der Waals surface area contributed by atoms with Gasteiger partial charge in [0.25, 0.3) is 0 Å². The van der Waals surface area contributed by atoms with Crippen molar-refractivity contribution < 1.29 is 4.79 Å². The Bertz CT molecular complexity index is 906. The first-order valence-electron chi connectivity index (χ1n) is 8.03. The van der Waals surface area contributed by atoms with Gasteiger partial charge in [-0.2, -0.15) is 5.10 Å². The van der Waals surface area contributed by atoms with E-state index in [2.05, 4.69) is 20.7 Å². The van der Waals surface area contributed by atoms with Gasteiger partial charge in [-0.3, -0.25) is 9.48 Å². The Labute approximate surface area is 164 Å². The summed E-state index contributed by atoms with van der Waals surface area (Å²) in [4.78, 5) is 17.1. The lowest BCUT2D eigenvalue weighted by Gasteiger charge is -2.17. The van der Waals surface area contributed by atoms with Gasteiger partial charge < -0.3 is 15.2 Å². The van der Waals surface area contributed by atoms with Gasteiger partial charge in [-0.1, -0.05) is 0 Å². The molecule has 3 aromatic rings. The molecule has 0 aliphatic carbocycles. The second-order valence-corrected chi connectivity index (χ2v) is 6.37. The van der Waals surface area contributed by atoms with E-state index in [0.29, 0.717) is 6.54 Å². The van der Waals surface area contributed by atoms with Crippen LogP contribution in [-0.2, 0) is 18.9 Å². The fourth-order valence-corrected chi connectivity index (χ4v) is 3.38. The van der Waals surface area contributed by atoms with Crippen molar-refractivity contribution in [2.45, 2.75) is 5.92 Å². The first-order valence-corrected chi connectivity index (χ1v) is 8.03. The van der Waals surface area contributed by atoms with Crippen molar-refractivity contribution in [2.24, 2.45) is 20.0 Å². The summed E-state index contributed by atoms with van der Waals surface area (Å²) in [5, 5.41) is 10.6. The Hall–Kier alpha value is -2.09. The third-order valence-electron chi connectivity index (χ3n) is 4.70. The topological polar surface area (TPSA) is 76.8 Å². The Balaban J connectivity index is 0.00000121. The van der Waals surface area contributed by atoms with E-state index >= 15 is 0 Å². The molecule has 1 saturated heterocycles. The van der Waals surface area contributed by atoms with Crippen molar-refractivity contribution in [2.75, 3.05) is 18.4 Å². The number of aromatic nitrogens is 4. The van der Waals surface area contributed by atoms with Crippen LogP contribution in [0.2, 0.25) is 0 Å². The highest BCUT2D eigenvalue weighted by Crippen LogP contribution is 2.29. The van der Waals surface area contributed by atoms with Crippen LogP contribution in [0.3, 0.4) is 0 Å². The smallest absolute Gasteiger partial charge is 0.229 e. The predicted molar refractivity (Wildman–Crippen MR) is 106 cm³/mol. The maximum absolute atomic E-state index is 12.7. The molecular formula is C17H22Cl2N6O. The van der Waals surface area contributed by atoms with Gasteiger partial charge in [-0.05, 0) is 23.8 Å². The molecule has 0 spiro atoms. The molecule has 7 nitrogen and oxygen atoms in total. The number of amides is 1. The lowest BCUT2D eigenvalue weighted by Crippen LogP contribution is -2.28. The molecule has 9 heteroatoms. The molecule has 0 bridgehead atoms. The number of nitrogens with one attached hydrogen (secondary N) is 2. The first-order chi connectivity index (χ1) is 11.6. The van der Waals surface area contributed by atoms with Gasteiger partial charge in [0.05, 0.1) is 29.5 Å². The largest absolute Gasteiger partial charge is 0.334 e. The summed E-state index contributed by atoms with van der Waals surface area (Å²) in [6.07, 6.45) is 5.60. The molecule has 140 valence electrons. The highest BCUT2D eigenvalue weighted by molar-refractivity contribution is 5.95. The number of halogens is 2. The zero-order valence-electron chi connectivity index (χ0n) is 14.5. The van der Waals surface area contributed by atoms with E-state index in [0.717, 1.165) is 28.8 Å². The summed E-state index contributed by atoms with van der Waals surface area (Å²) < 4.78 is 3.73. The summed E-state index contributed by atoms with van der Waals surface area (Å²) in [6.45, 7) is 1.47. The third kappa shape index (κ3) is 3.70. The summed E-state index contributed by atoms with van der Waals surface area (Å²) in [5.41, 5.74) is 3.80. The van der Waals surface area contributed by atoms with Crippen molar-refractivity contribution in [3.63, 3.8) is 0 Å². The van der Waals surface area contributed by atoms with Crippen molar-refractivity contribution in [3.8, 4) is 0 Å². The van der Waals surface area contributed by atoms with Crippen molar-refractivity contribution in [1.29, 1.82) is 0 Å². The minimum absolute atomic E-state index is 0. The average molecular weight is 397 g/mol. The standard InChI is InChI=1S/C17H20N6O.2ClH/c1-22-10-19-15-5-12(3-4-16(15)22)21-17(24)14-8-18-7-13(14)11-6-20-23(2)9-11;;/h3-6,9-10,13-14,18H,7-8H2,1-2H3,(H,21,24);2*1H/t13-,14+;;/m1../s1. The molecule has 1 aliphatic heterocycles. The highest BCUT2D eigenvalue weighted by atomic mass is 35.5. The predicted octanol–water partition coefficient (Wildman–Crippen LogP) is 2.09. The molecule has 3 heterocycles. The molecule has 0 unspecified atom stereocenters. The molecule has 1 aliphatic rings. The molecular weight excluding hydrogens is 375 g/mol. The number of hydrogen-bond donors (Lipinski definition) is 2. The van der Waals surface area contributed by atoms with Crippen molar-refractivity contribution in [3.05, 3.63) is 42.5 Å². The molecule has 1 amide bonds. The fourth-order valence-electron chi connectivity index (χ4n) is 3.38. The second-order valence-electron chi connectivity index (χ2n) is 6.37. The number of benzene rings is 1. The van der Waals surface area contributed by atoms with Crippen LogP contribution in [0.5, 0.6) is 0 Å². The van der Waals surface area contributed by atoms with Crippen LogP contribution >= 0.6 is 24.8 Å². The molecule has 0 saturated carbocycles.